The molecule has 0 aromatic heterocycles. The number of aliphatic hydroxyl groups is 3. The minimum atomic E-state index is -4.16. The largest absolute Gasteiger partial charge is 0.393 e. The first-order valence-electron chi connectivity index (χ1n) is 13.5. The summed E-state index contributed by atoms with van der Waals surface area (Å²) in [5.74, 6) is 0.840. The van der Waals surface area contributed by atoms with Crippen molar-refractivity contribution in [2.45, 2.75) is 96.9 Å². The number of carbonyl (C=O) groups is 1. The molecule has 0 bridgehead atoms. The molecular weight excluding hydrogens is 470 g/mol. The number of amides is 1. The lowest BCUT2D eigenvalue weighted by Gasteiger charge is -2.62. The van der Waals surface area contributed by atoms with E-state index in [1.54, 1.807) is 0 Å². The van der Waals surface area contributed by atoms with Crippen LogP contribution in [0.25, 0.3) is 0 Å². The Hall–Kier alpha value is -0.740. The molecule has 9 heteroatoms. The summed E-state index contributed by atoms with van der Waals surface area (Å²) >= 11 is 0. The van der Waals surface area contributed by atoms with Gasteiger partial charge in [0.1, 0.15) is 6.10 Å². The van der Waals surface area contributed by atoms with Gasteiger partial charge in [0.05, 0.1) is 18.0 Å². The molecule has 0 aromatic carbocycles. The van der Waals surface area contributed by atoms with Crippen molar-refractivity contribution in [1.29, 1.82) is 0 Å². The molecule has 4 fully saturated rings. The Morgan fingerprint density at radius 3 is 2.37 bits per heavy atom. The van der Waals surface area contributed by atoms with Crippen molar-refractivity contribution < 1.29 is 33.1 Å². The molecule has 5 N–H and O–H groups in total. The Kier molecular flexibility index (Phi) is 7.69. The van der Waals surface area contributed by atoms with E-state index in [0.29, 0.717) is 30.1 Å². The van der Waals surface area contributed by atoms with Crippen LogP contribution in [0.3, 0.4) is 0 Å². The van der Waals surface area contributed by atoms with Gasteiger partial charge in [-0.25, -0.2) is 0 Å². The van der Waals surface area contributed by atoms with Crippen LogP contribution in [-0.4, -0.2) is 64.8 Å². The Labute approximate surface area is 210 Å². The quantitative estimate of drug-likeness (QED) is 0.327. The summed E-state index contributed by atoms with van der Waals surface area (Å²) in [6.07, 6.45) is 6.25. The third-order valence-electron chi connectivity index (χ3n) is 11.0. The summed E-state index contributed by atoms with van der Waals surface area (Å²) in [7, 11) is -4.16. The predicted molar refractivity (Wildman–Crippen MR) is 132 cm³/mol. The van der Waals surface area contributed by atoms with Crippen LogP contribution in [0.5, 0.6) is 0 Å². The summed E-state index contributed by atoms with van der Waals surface area (Å²) in [6.45, 7) is 6.62. The van der Waals surface area contributed by atoms with Crippen LogP contribution in [0, 0.1) is 46.3 Å². The molecule has 0 radical (unpaired) electrons. The first-order valence-corrected chi connectivity index (χ1v) is 15.1. The fraction of sp³-hybridized carbons (Fsp3) is 0.962. The van der Waals surface area contributed by atoms with E-state index in [4.69, 9.17) is 4.55 Å². The van der Waals surface area contributed by atoms with Crippen molar-refractivity contribution in [2.75, 3.05) is 12.3 Å². The number of rotatable bonds is 7. The maximum atomic E-state index is 12.3. The molecule has 202 valence electrons. The van der Waals surface area contributed by atoms with Crippen LogP contribution in [0.4, 0.5) is 0 Å². The Morgan fingerprint density at radius 1 is 1.03 bits per heavy atom. The monoisotopic (exact) mass is 515 g/mol. The van der Waals surface area contributed by atoms with Crippen LogP contribution in [0.2, 0.25) is 0 Å². The standard InChI is InChI=1S/C26H45NO7S/c1-15(12-22(30)24(31)27-10-11-35(32,33)34)18-4-5-19-23-20(7-9-26(18,19)3)25(2)8-6-17(28)13-16(25)14-21(23)29/h15-23,28-30H,4-14H2,1-3H3,(H,27,31)(H,32,33,34)/t15-,16+,17-,18-,19?,20?,21-,22?,23?,25+,26-/m1/s1. The molecule has 4 rings (SSSR count). The number of aliphatic hydroxyl groups excluding tert-OH is 3. The van der Waals surface area contributed by atoms with Gasteiger partial charge >= 0.3 is 0 Å². The molecule has 0 spiro atoms. The van der Waals surface area contributed by atoms with E-state index in [9.17, 15) is 28.5 Å². The van der Waals surface area contributed by atoms with E-state index >= 15 is 0 Å². The van der Waals surface area contributed by atoms with Crippen molar-refractivity contribution in [3.8, 4) is 0 Å². The molecular formula is C26H45NO7S. The summed E-state index contributed by atoms with van der Waals surface area (Å²) in [4.78, 5) is 12.3. The van der Waals surface area contributed by atoms with Gasteiger partial charge in [0.2, 0.25) is 5.91 Å². The molecule has 0 aliphatic heterocycles. The average molecular weight is 516 g/mol. The van der Waals surface area contributed by atoms with E-state index in [1.807, 2.05) is 0 Å². The van der Waals surface area contributed by atoms with Crippen LogP contribution < -0.4 is 5.32 Å². The Bertz CT molecular complexity index is 896. The maximum absolute atomic E-state index is 12.3. The average Bonchev–Trinajstić information content (AvgIpc) is 3.11. The van der Waals surface area contributed by atoms with E-state index in [2.05, 4.69) is 26.1 Å². The molecule has 0 aromatic rings. The lowest BCUT2D eigenvalue weighted by atomic mass is 9.43. The van der Waals surface area contributed by atoms with Crippen molar-refractivity contribution in [3.63, 3.8) is 0 Å². The second-order valence-electron chi connectivity index (χ2n) is 12.8. The number of nitrogens with one attached hydrogen (secondary N) is 1. The van der Waals surface area contributed by atoms with Gasteiger partial charge in [-0.05, 0) is 104 Å². The third-order valence-corrected chi connectivity index (χ3v) is 11.7. The third kappa shape index (κ3) is 5.17. The molecule has 1 amide bonds. The summed E-state index contributed by atoms with van der Waals surface area (Å²) in [5, 5.41) is 34.5. The zero-order valence-electron chi connectivity index (χ0n) is 21.4. The molecule has 35 heavy (non-hydrogen) atoms. The van der Waals surface area contributed by atoms with E-state index in [-0.39, 0.29) is 41.4 Å². The van der Waals surface area contributed by atoms with Crippen LogP contribution in [0.1, 0.15) is 78.6 Å². The summed E-state index contributed by atoms with van der Waals surface area (Å²) < 4.78 is 30.5. The van der Waals surface area contributed by atoms with Crippen molar-refractivity contribution in [3.05, 3.63) is 0 Å². The van der Waals surface area contributed by atoms with Crippen LogP contribution >= 0.6 is 0 Å². The van der Waals surface area contributed by atoms with E-state index < -0.39 is 27.9 Å². The number of hydrogen-bond acceptors (Lipinski definition) is 6. The van der Waals surface area contributed by atoms with Gasteiger partial charge in [0, 0.05) is 6.54 Å². The van der Waals surface area contributed by atoms with Gasteiger partial charge in [-0.3, -0.25) is 9.35 Å². The number of hydrogen-bond donors (Lipinski definition) is 5. The Balaban J connectivity index is 1.42. The number of fused-ring (bicyclic) bond motifs is 5. The van der Waals surface area contributed by atoms with E-state index in [1.165, 1.54) is 0 Å². The van der Waals surface area contributed by atoms with Crippen LogP contribution in [-0.2, 0) is 14.9 Å². The second-order valence-corrected chi connectivity index (χ2v) is 14.3. The summed E-state index contributed by atoms with van der Waals surface area (Å²) in [5.41, 5.74) is 0.241. The van der Waals surface area contributed by atoms with Gasteiger partial charge in [-0.15, -0.1) is 0 Å². The molecule has 0 heterocycles. The van der Waals surface area contributed by atoms with Gasteiger partial charge in [-0.2, -0.15) is 8.42 Å². The fourth-order valence-corrected chi connectivity index (χ4v) is 9.58. The highest BCUT2D eigenvalue weighted by Gasteiger charge is 2.62. The topological polar surface area (TPSA) is 144 Å². The second kappa shape index (κ2) is 9.86. The van der Waals surface area contributed by atoms with Crippen LogP contribution in [0.15, 0.2) is 0 Å². The molecule has 8 nitrogen and oxygen atoms in total. The highest BCUT2D eigenvalue weighted by molar-refractivity contribution is 7.85. The molecule has 11 atom stereocenters. The van der Waals surface area contributed by atoms with Gasteiger partial charge < -0.3 is 20.6 Å². The molecule has 0 saturated heterocycles. The molecule has 4 aliphatic carbocycles. The smallest absolute Gasteiger partial charge is 0.266 e. The fourth-order valence-electron chi connectivity index (χ4n) is 9.22. The minimum absolute atomic E-state index is 0.0557. The van der Waals surface area contributed by atoms with E-state index in [0.717, 1.165) is 51.4 Å². The maximum Gasteiger partial charge on any atom is 0.266 e. The van der Waals surface area contributed by atoms with Crippen molar-refractivity contribution in [2.24, 2.45) is 46.3 Å². The number of carbonyl (C=O) groups excluding carboxylic acids is 1. The van der Waals surface area contributed by atoms with Crippen molar-refractivity contribution in [1.82, 2.24) is 5.32 Å². The van der Waals surface area contributed by atoms with Gasteiger partial charge in [0.25, 0.3) is 10.1 Å². The van der Waals surface area contributed by atoms with Crippen molar-refractivity contribution >= 4 is 16.0 Å². The molecule has 4 aliphatic rings. The minimum Gasteiger partial charge on any atom is -0.393 e. The Morgan fingerprint density at radius 2 is 1.69 bits per heavy atom. The highest BCUT2D eigenvalue weighted by atomic mass is 32.2. The first-order chi connectivity index (χ1) is 16.3. The first kappa shape index (κ1) is 27.3. The molecule has 4 saturated carbocycles. The highest BCUT2D eigenvalue weighted by Crippen LogP contribution is 2.68. The lowest BCUT2D eigenvalue weighted by molar-refractivity contribution is -0.174. The normalized spacial score (nSPS) is 45.1. The zero-order chi connectivity index (χ0) is 25.8. The van der Waals surface area contributed by atoms with Gasteiger partial charge in [-0.1, -0.05) is 20.8 Å². The summed E-state index contributed by atoms with van der Waals surface area (Å²) in [6, 6.07) is 0. The van der Waals surface area contributed by atoms with Gasteiger partial charge in [0.15, 0.2) is 0 Å². The predicted octanol–water partition coefficient (Wildman–Crippen LogP) is 2.37. The SMILES string of the molecule is C[C@H](CC(O)C(=O)NCCS(=O)(=O)O)[C@H]1CCC2C3C(CC[C@@]21C)[C@@]1(C)CC[C@@H](O)C[C@H]1C[C@H]3O. The lowest BCUT2D eigenvalue weighted by Crippen LogP contribution is -2.58. The molecule has 4 unspecified atom stereocenters. The zero-order valence-corrected chi connectivity index (χ0v) is 22.2.